The van der Waals surface area contributed by atoms with Gasteiger partial charge in [0, 0.05) is 25.7 Å². The number of piperazine rings is 1. The van der Waals surface area contributed by atoms with Crippen molar-refractivity contribution < 1.29 is 13.3 Å². The molecular weight excluding hydrogens is 341 g/mol. The van der Waals surface area contributed by atoms with Crippen LogP contribution in [0.25, 0.3) is 0 Å². The minimum Gasteiger partial charge on any atom is -0.312 e. The highest BCUT2D eigenvalue weighted by atomic mass is 35.5. The first kappa shape index (κ1) is 16.4. The molecule has 1 saturated heterocycles. The summed E-state index contributed by atoms with van der Waals surface area (Å²) in [5, 5.41) is 13.4. The Kier molecular flexibility index (Phi) is 4.74. The van der Waals surface area contributed by atoms with Crippen LogP contribution >= 0.6 is 23.2 Å². The smallest absolute Gasteiger partial charge is 0.307 e. The third-order valence-corrected chi connectivity index (χ3v) is 5.87. The normalized spacial score (nSPS) is 20.4. The summed E-state index contributed by atoms with van der Waals surface area (Å²) in [6.45, 7) is 2.91. The summed E-state index contributed by atoms with van der Waals surface area (Å²) in [7, 11) is -3.90. The first-order valence-corrected chi connectivity index (χ1v) is 8.30. The van der Waals surface area contributed by atoms with E-state index in [4.69, 9.17) is 23.2 Å². The largest absolute Gasteiger partial charge is 0.312 e. The van der Waals surface area contributed by atoms with Crippen molar-refractivity contribution in [3.05, 3.63) is 32.3 Å². The number of halogens is 2. The molecule has 21 heavy (non-hydrogen) atoms. The van der Waals surface area contributed by atoms with Crippen LogP contribution in [0.4, 0.5) is 5.69 Å². The molecule has 1 heterocycles. The number of nitrogens with zero attached hydrogens (tertiary/aromatic N) is 2. The van der Waals surface area contributed by atoms with E-state index in [9.17, 15) is 18.5 Å². The molecule has 10 heteroatoms. The van der Waals surface area contributed by atoms with Crippen molar-refractivity contribution in [1.29, 1.82) is 0 Å². The van der Waals surface area contributed by atoms with Gasteiger partial charge in [0.05, 0.1) is 4.92 Å². The highest BCUT2D eigenvalue weighted by molar-refractivity contribution is 7.89. The van der Waals surface area contributed by atoms with E-state index in [0.717, 1.165) is 0 Å². The molecule has 2 rings (SSSR count). The molecule has 1 aromatic rings. The van der Waals surface area contributed by atoms with E-state index in [1.807, 2.05) is 6.92 Å². The average molecular weight is 354 g/mol. The van der Waals surface area contributed by atoms with Crippen LogP contribution < -0.4 is 5.32 Å². The highest BCUT2D eigenvalue weighted by Gasteiger charge is 2.33. The second kappa shape index (κ2) is 6.05. The van der Waals surface area contributed by atoms with Gasteiger partial charge in [-0.05, 0) is 19.1 Å². The van der Waals surface area contributed by atoms with Crippen molar-refractivity contribution >= 4 is 38.9 Å². The Morgan fingerprint density at radius 1 is 1.43 bits per heavy atom. The molecule has 0 spiro atoms. The molecule has 1 aliphatic heterocycles. The van der Waals surface area contributed by atoms with E-state index >= 15 is 0 Å². The van der Waals surface area contributed by atoms with Crippen LogP contribution in [-0.4, -0.2) is 43.3 Å². The van der Waals surface area contributed by atoms with Crippen molar-refractivity contribution in [3.8, 4) is 0 Å². The van der Waals surface area contributed by atoms with E-state index in [-0.39, 0.29) is 29.0 Å². The Morgan fingerprint density at radius 2 is 2.10 bits per heavy atom. The number of sulfonamides is 1. The number of benzene rings is 1. The van der Waals surface area contributed by atoms with E-state index in [1.165, 1.54) is 16.4 Å². The van der Waals surface area contributed by atoms with Gasteiger partial charge in [-0.3, -0.25) is 10.1 Å². The van der Waals surface area contributed by atoms with Crippen LogP contribution in [0.2, 0.25) is 10.0 Å². The van der Waals surface area contributed by atoms with Gasteiger partial charge < -0.3 is 5.32 Å². The minimum atomic E-state index is -3.90. The fraction of sp³-hybridized carbons (Fsp3) is 0.455. The molecule has 0 amide bonds. The molecule has 0 bridgehead atoms. The van der Waals surface area contributed by atoms with Crippen molar-refractivity contribution in [3.63, 3.8) is 0 Å². The van der Waals surface area contributed by atoms with Crippen LogP contribution in [-0.2, 0) is 10.0 Å². The first-order chi connectivity index (χ1) is 9.75. The minimum absolute atomic E-state index is 0.00501. The third kappa shape index (κ3) is 3.14. The van der Waals surface area contributed by atoms with E-state index in [0.29, 0.717) is 6.54 Å². The zero-order valence-corrected chi connectivity index (χ0v) is 13.4. The Morgan fingerprint density at radius 3 is 2.67 bits per heavy atom. The van der Waals surface area contributed by atoms with Crippen LogP contribution in [0.15, 0.2) is 17.0 Å². The zero-order valence-electron chi connectivity index (χ0n) is 11.0. The Labute approximate surface area is 132 Å². The number of nitrogens with one attached hydrogen (secondary N) is 1. The zero-order chi connectivity index (χ0) is 15.8. The number of nitro groups is 1. The molecule has 7 nitrogen and oxygen atoms in total. The van der Waals surface area contributed by atoms with Crippen molar-refractivity contribution in [2.45, 2.75) is 17.9 Å². The van der Waals surface area contributed by atoms with Gasteiger partial charge in [0.1, 0.15) is 14.9 Å². The molecule has 1 atom stereocenters. The molecular formula is C11H13Cl2N3O4S. The monoisotopic (exact) mass is 353 g/mol. The van der Waals surface area contributed by atoms with Gasteiger partial charge in [-0.25, -0.2) is 8.42 Å². The van der Waals surface area contributed by atoms with Crippen LogP contribution in [0, 0.1) is 10.1 Å². The van der Waals surface area contributed by atoms with Crippen LogP contribution in [0.5, 0.6) is 0 Å². The predicted octanol–water partition coefficient (Wildman–Crippen LogP) is 1.88. The predicted molar refractivity (Wildman–Crippen MR) is 79.3 cm³/mol. The topological polar surface area (TPSA) is 92.5 Å². The molecule has 1 N–H and O–H groups in total. The standard InChI is InChI=1S/C11H13Cl2N3O4S/c1-7-6-15(5-4-14-7)21(19,20)9-3-2-8(12)11(10(9)13)16(17)18/h2-3,7,14H,4-6H2,1H3. The summed E-state index contributed by atoms with van der Waals surface area (Å²) in [5.74, 6) is 0. The molecule has 0 aromatic heterocycles. The number of nitro benzene ring substituents is 1. The lowest BCUT2D eigenvalue weighted by Gasteiger charge is -2.31. The van der Waals surface area contributed by atoms with Gasteiger partial charge in [0.25, 0.3) is 0 Å². The molecule has 1 unspecified atom stereocenters. The maximum Gasteiger partial charge on any atom is 0.307 e. The molecule has 0 aliphatic carbocycles. The second-order valence-corrected chi connectivity index (χ2v) is 7.37. The lowest BCUT2D eigenvalue weighted by molar-refractivity contribution is -0.384. The van der Waals surface area contributed by atoms with Crippen molar-refractivity contribution in [2.75, 3.05) is 19.6 Å². The molecule has 1 fully saturated rings. The van der Waals surface area contributed by atoms with Crippen molar-refractivity contribution in [1.82, 2.24) is 9.62 Å². The summed E-state index contributed by atoms with van der Waals surface area (Å²) in [6, 6.07) is 2.36. The third-order valence-electron chi connectivity index (χ3n) is 3.16. The van der Waals surface area contributed by atoms with Gasteiger partial charge in [0.2, 0.25) is 10.0 Å². The molecule has 0 saturated carbocycles. The van der Waals surface area contributed by atoms with Gasteiger partial charge in [-0.1, -0.05) is 23.2 Å². The van der Waals surface area contributed by atoms with E-state index < -0.39 is 25.7 Å². The van der Waals surface area contributed by atoms with Gasteiger partial charge in [-0.2, -0.15) is 4.31 Å². The number of rotatable bonds is 3. The number of hydrogen-bond donors (Lipinski definition) is 1. The van der Waals surface area contributed by atoms with E-state index in [1.54, 1.807) is 0 Å². The second-order valence-electron chi connectivity index (χ2n) is 4.68. The number of hydrogen-bond acceptors (Lipinski definition) is 5. The summed E-state index contributed by atoms with van der Waals surface area (Å²) in [6.07, 6.45) is 0. The summed E-state index contributed by atoms with van der Waals surface area (Å²) in [4.78, 5) is 9.88. The lowest BCUT2D eigenvalue weighted by Crippen LogP contribution is -2.51. The first-order valence-electron chi connectivity index (χ1n) is 6.11. The molecule has 0 radical (unpaired) electrons. The molecule has 1 aliphatic rings. The lowest BCUT2D eigenvalue weighted by atomic mass is 10.3. The van der Waals surface area contributed by atoms with E-state index in [2.05, 4.69) is 5.32 Å². The summed E-state index contributed by atoms with van der Waals surface area (Å²) in [5.41, 5.74) is -0.595. The Balaban J connectivity index is 2.50. The quantitative estimate of drug-likeness (QED) is 0.661. The van der Waals surface area contributed by atoms with Gasteiger partial charge in [-0.15, -0.1) is 0 Å². The van der Waals surface area contributed by atoms with Crippen molar-refractivity contribution in [2.24, 2.45) is 0 Å². The van der Waals surface area contributed by atoms with Gasteiger partial charge in [0.15, 0.2) is 0 Å². The summed E-state index contributed by atoms with van der Waals surface area (Å²) < 4.78 is 26.4. The SMILES string of the molecule is CC1CN(S(=O)(=O)c2ccc(Cl)c([N+](=O)[O-])c2Cl)CCN1. The fourth-order valence-electron chi connectivity index (χ4n) is 2.14. The van der Waals surface area contributed by atoms with Crippen LogP contribution in [0.1, 0.15) is 6.92 Å². The molecule has 116 valence electrons. The molecule has 1 aromatic carbocycles. The fourth-order valence-corrected chi connectivity index (χ4v) is 4.54. The Bertz CT molecular complexity index is 680. The summed E-state index contributed by atoms with van der Waals surface area (Å²) >= 11 is 11.6. The van der Waals surface area contributed by atoms with Crippen LogP contribution in [0.3, 0.4) is 0 Å². The average Bonchev–Trinajstić information content (AvgIpc) is 2.37. The van der Waals surface area contributed by atoms with Gasteiger partial charge >= 0.3 is 5.69 Å². The highest BCUT2D eigenvalue weighted by Crippen LogP contribution is 2.38. The maximum atomic E-state index is 12.6. The maximum absolute atomic E-state index is 12.6. The Hall–Kier alpha value is -0.930.